The van der Waals surface area contributed by atoms with Gasteiger partial charge < -0.3 is 19.1 Å². The van der Waals surface area contributed by atoms with Crippen LogP contribution in [0.1, 0.15) is 24.0 Å². The molecule has 3 aromatic rings. The third-order valence-corrected chi connectivity index (χ3v) is 7.28. The molecule has 5 rings (SSSR count). The van der Waals surface area contributed by atoms with Gasteiger partial charge in [0.05, 0.1) is 25.7 Å². The fourth-order valence-electron chi connectivity index (χ4n) is 5.40. The molecule has 2 saturated heterocycles. The van der Waals surface area contributed by atoms with Gasteiger partial charge in [0, 0.05) is 50.0 Å². The Morgan fingerprint density at radius 2 is 1.85 bits per heavy atom. The smallest absolute Gasteiger partial charge is 0.233 e. The van der Waals surface area contributed by atoms with E-state index in [9.17, 15) is 4.79 Å². The van der Waals surface area contributed by atoms with Gasteiger partial charge in [0.2, 0.25) is 5.91 Å². The second-order valence-corrected chi connectivity index (χ2v) is 9.34. The molecular weight excluding hydrogens is 428 g/mol. The van der Waals surface area contributed by atoms with E-state index in [1.54, 1.807) is 7.11 Å². The second-order valence-electron chi connectivity index (χ2n) is 9.34. The molecule has 1 atom stereocenters. The molecular formula is C28H32N2O4. The number of amides is 1. The van der Waals surface area contributed by atoms with E-state index in [-0.39, 0.29) is 11.8 Å². The molecule has 6 heteroatoms. The van der Waals surface area contributed by atoms with Crippen LogP contribution in [0.2, 0.25) is 0 Å². The van der Waals surface area contributed by atoms with Crippen LogP contribution in [-0.4, -0.2) is 62.4 Å². The van der Waals surface area contributed by atoms with Crippen LogP contribution < -0.4 is 4.74 Å². The first-order valence-corrected chi connectivity index (χ1v) is 12.1. The van der Waals surface area contributed by atoms with Crippen LogP contribution in [0.3, 0.4) is 0 Å². The molecule has 0 aliphatic carbocycles. The van der Waals surface area contributed by atoms with Crippen molar-refractivity contribution in [1.29, 1.82) is 0 Å². The van der Waals surface area contributed by atoms with E-state index in [0.717, 1.165) is 23.1 Å². The lowest BCUT2D eigenvalue weighted by atomic mass is 9.72. The van der Waals surface area contributed by atoms with Gasteiger partial charge in [-0.05, 0) is 47.9 Å². The number of carbonyl (C=O) groups is 1. The first-order valence-electron chi connectivity index (χ1n) is 12.1. The summed E-state index contributed by atoms with van der Waals surface area (Å²) in [5.41, 5.74) is 1.68. The molecule has 2 aromatic carbocycles. The summed E-state index contributed by atoms with van der Waals surface area (Å²) in [6.45, 7) is 3.68. The van der Waals surface area contributed by atoms with Crippen molar-refractivity contribution in [1.82, 2.24) is 9.88 Å². The van der Waals surface area contributed by atoms with E-state index in [4.69, 9.17) is 14.2 Å². The van der Waals surface area contributed by atoms with Crippen LogP contribution >= 0.6 is 0 Å². The highest BCUT2D eigenvalue weighted by Gasteiger charge is 2.44. The normalized spacial score (nSPS) is 20.6. The van der Waals surface area contributed by atoms with E-state index in [2.05, 4.69) is 23.2 Å². The number of hydrogen-bond donors (Lipinski definition) is 0. The Morgan fingerprint density at radius 3 is 2.65 bits per heavy atom. The molecule has 178 valence electrons. The van der Waals surface area contributed by atoms with Crippen LogP contribution in [0.15, 0.2) is 60.9 Å². The summed E-state index contributed by atoms with van der Waals surface area (Å²) in [6, 6.07) is 16.3. The van der Waals surface area contributed by atoms with Crippen molar-refractivity contribution < 1.29 is 19.0 Å². The maximum atomic E-state index is 14.2. The Hall–Kier alpha value is -2.96. The van der Waals surface area contributed by atoms with Gasteiger partial charge in [-0.25, -0.2) is 0 Å². The average Bonchev–Trinajstić information content (AvgIpc) is 3.14. The van der Waals surface area contributed by atoms with Crippen LogP contribution in [0.25, 0.3) is 10.8 Å². The fourth-order valence-corrected chi connectivity index (χ4v) is 5.40. The minimum Gasteiger partial charge on any atom is -0.497 e. The topological polar surface area (TPSA) is 60.9 Å². The Kier molecular flexibility index (Phi) is 6.79. The average molecular weight is 461 g/mol. The van der Waals surface area contributed by atoms with E-state index in [0.29, 0.717) is 52.4 Å². The van der Waals surface area contributed by atoms with Crippen molar-refractivity contribution in [2.24, 2.45) is 5.92 Å². The molecule has 2 aliphatic rings. The number of fused-ring (bicyclic) bond motifs is 1. The molecule has 1 amide bonds. The minimum atomic E-state index is -0.569. The number of aromatic nitrogens is 1. The second kappa shape index (κ2) is 10.1. The zero-order valence-corrected chi connectivity index (χ0v) is 19.7. The van der Waals surface area contributed by atoms with Crippen molar-refractivity contribution in [3.05, 3.63) is 72.1 Å². The van der Waals surface area contributed by atoms with E-state index >= 15 is 0 Å². The van der Waals surface area contributed by atoms with E-state index in [1.807, 2.05) is 47.6 Å². The van der Waals surface area contributed by atoms with Crippen molar-refractivity contribution in [3.63, 3.8) is 0 Å². The number of hydrogen-bond acceptors (Lipinski definition) is 5. The van der Waals surface area contributed by atoms with Gasteiger partial charge in [0.25, 0.3) is 0 Å². The Bertz CT molecular complexity index is 1120. The van der Waals surface area contributed by atoms with Gasteiger partial charge in [-0.3, -0.25) is 9.78 Å². The molecule has 0 N–H and O–H groups in total. The zero-order chi connectivity index (χ0) is 23.4. The fraction of sp³-hybridized carbons (Fsp3) is 0.429. The summed E-state index contributed by atoms with van der Waals surface area (Å²) < 4.78 is 17.0. The molecule has 1 aromatic heterocycles. The highest BCUT2D eigenvalue weighted by Crippen LogP contribution is 2.38. The predicted molar refractivity (Wildman–Crippen MR) is 131 cm³/mol. The predicted octanol–water partition coefficient (Wildman–Crippen LogP) is 4.01. The lowest BCUT2D eigenvalue weighted by molar-refractivity contribution is -0.141. The van der Waals surface area contributed by atoms with Gasteiger partial charge in [0.1, 0.15) is 5.75 Å². The van der Waals surface area contributed by atoms with Crippen LogP contribution in [0.4, 0.5) is 0 Å². The number of methoxy groups -OCH3 is 1. The molecule has 3 heterocycles. The summed E-state index contributed by atoms with van der Waals surface area (Å²) in [6.07, 6.45) is 6.07. The number of benzene rings is 2. The quantitative estimate of drug-likeness (QED) is 0.576. The van der Waals surface area contributed by atoms with Gasteiger partial charge in [0.15, 0.2) is 0 Å². The third-order valence-electron chi connectivity index (χ3n) is 7.28. The van der Waals surface area contributed by atoms with Crippen LogP contribution in [0.5, 0.6) is 5.75 Å². The molecule has 34 heavy (non-hydrogen) atoms. The number of nitrogens with zero attached hydrogens (tertiary/aromatic N) is 2. The molecule has 2 aliphatic heterocycles. The molecule has 0 saturated carbocycles. The SMILES string of the molecule is COc1ccc(C2(C(=O)N3CCOCC(Cc4cncc5ccccc45)C3)CCOCC2)cc1. The molecule has 1 unspecified atom stereocenters. The van der Waals surface area contributed by atoms with Gasteiger partial charge >= 0.3 is 0 Å². The lowest BCUT2D eigenvalue weighted by Gasteiger charge is -2.40. The number of carbonyl (C=O) groups excluding carboxylic acids is 1. The number of rotatable bonds is 5. The molecule has 0 radical (unpaired) electrons. The summed E-state index contributed by atoms with van der Waals surface area (Å²) in [7, 11) is 1.66. The number of pyridine rings is 1. The lowest BCUT2D eigenvalue weighted by Crippen LogP contribution is -2.51. The largest absolute Gasteiger partial charge is 0.497 e. The molecule has 0 spiro atoms. The van der Waals surface area contributed by atoms with E-state index in [1.165, 1.54) is 10.9 Å². The van der Waals surface area contributed by atoms with Crippen molar-refractivity contribution >= 4 is 16.7 Å². The third kappa shape index (κ3) is 4.52. The Balaban J connectivity index is 1.40. The summed E-state index contributed by atoms with van der Waals surface area (Å²) in [5.74, 6) is 1.20. The van der Waals surface area contributed by atoms with Crippen molar-refractivity contribution in [2.75, 3.05) is 46.6 Å². The maximum Gasteiger partial charge on any atom is 0.233 e. The highest BCUT2D eigenvalue weighted by molar-refractivity contribution is 5.89. The Labute approximate surface area is 200 Å². The number of ether oxygens (including phenoxy) is 3. The standard InChI is InChI=1S/C28H32N2O4/c1-32-25-8-6-24(7-9-25)28(10-13-33-14-11-28)27(31)30-12-15-34-20-21(19-30)16-23-18-29-17-22-4-2-3-5-26(22)23/h2-9,17-18,21H,10-16,19-20H2,1H3. The summed E-state index contributed by atoms with van der Waals surface area (Å²) in [5, 5.41) is 2.36. The first-order chi connectivity index (χ1) is 16.7. The van der Waals surface area contributed by atoms with E-state index < -0.39 is 5.41 Å². The van der Waals surface area contributed by atoms with Crippen molar-refractivity contribution in [2.45, 2.75) is 24.7 Å². The molecule has 6 nitrogen and oxygen atoms in total. The van der Waals surface area contributed by atoms with Crippen LogP contribution in [-0.2, 0) is 26.1 Å². The zero-order valence-electron chi connectivity index (χ0n) is 19.7. The monoisotopic (exact) mass is 460 g/mol. The van der Waals surface area contributed by atoms with Gasteiger partial charge in [-0.15, -0.1) is 0 Å². The van der Waals surface area contributed by atoms with Gasteiger partial charge in [-0.1, -0.05) is 36.4 Å². The highest BCUT2D eigenvalue weighted by atomic mass is 16.5. The molecule has 0 bridgehead atoms. The van der Waals surface area contributed by atoms with Gasteiger partial charge in [-0.2, -0.15) is 0 Å². The van der Waals surface area contributed by atoms with Crippen LogP contribution in [0, 0.1) is 5.92 Å². The first kappa shape index (κ1) is 22.8. The summed E-state index contributed by atoms with van der Waals surface area (Å²) in [4.78, 5) is 20.6. The Morgan fingerprint density at radius 1 is 1.06 bits per heavy atom. The van der Waals surface area contributed by atoms with Crippen molar-refractivity contribution in [3.8, 4) is 5.75 Å². The molecule has 2 fully saturated rings. The summed E-state index contributed by atoms with van der Waals surface area (Å²) >= 11 is 0. The maximum absolute atomic E-state index is 14.2. The minimum absolute atomic E-state index is 0.188.